The monoisotopic (exact) mass is 334 g/mol. The maximum Gasteiger partial charge on any atom is 0.347 e. The maximum absolute atomic E-state index is 11.5. The molecule has 0 unspecified atom stereocenters. The van der Waals surface area contributed by atoms with Crippen molar-refractivity contribution in [2.45, 2.75) is 6.61 Å². The number of rotatable bonds is 7. The Balaban J connectivity index is 1.70. The third-order valence-corrected chi connectivity index (χ3v) is 2.97. The molecule has 7 heteroatoms. The van der Waals surface area contributed by atoms with Crippen LogP contribution in [0.3, 0.4) is 0 Å². The summed E-state index contributed by atoms with van der Waals surface area (Å²) in [6.07, 6.45) is 3.03. The van der Waals surface area contributed by atoms with E-state index < -0.39 is 5.97 Å². The fraction of sp³-hybridized carbons (Fsp3) is 0.188. The zero-order chi connectivity index (χ0) is 16.5. The van der Waals surface area contributed by atoms with Crippen molar-refractivity contribution >= 4 is 23.8 Å². The second-order valence-corrected chi connectivity index (χ2v) is 4.84. The van der Waals surface area contributed by atoms with Gasteiger partial charge in [-0.15, -0.1) is 0 Å². The first kappa shape index (κ1) is 16.8. The predicted molar refractivity (Wildman–Crippen MR) is 85.6 cm³/mol. The van der Waals surface area contributed by atoms with Gasteiger partial charge in [-0.2, -0.15) is 0 Å². The van der Waals surface area contributed by atoms with Crippen LogP contribution in [0.4, 0.5) is 0 Å². The number of halogens is 1. The summed E-state index contributed by atoms with van der Waals surface area (Å²) in [6, 6.07) is 10.5. The number of hydrogen-bond acceptors (Lipinski definition) is 6. The molecular weight excluding hydrogens is 320 g/mol. The zero-order valence-corrected chi connectivity index (χ0v) is 13.2. The smallest absolute Gasteiger partial charge is 0.347 e. The van der Waals surface area contributed by atoms with Crippen molar-refractivity contribution in [3.05, 3.63) is 58.9 Å². The second kappa shape index (κ2) is 8.75. The van der Waals surface area contributed by atoms with Gasteiger partial charge in [0.2, 0.25) is 6.61 Å². The summed E-state index contributed by atoms with van der Waals surface area (Å²) in [6.45, 7) is -0.252. The van der Waals surface area contributed by atoms with Crippen molar-refractivity contribution in [1.29, 1.82) is 0 Å². The Morgan fingerprint density at radius 1 is 1.30 bits per heavy atom. The van der Waals surface area contributed by atoms with Crippen LogP contribution >= 0.6 is 11.6 Å². The molecule has 1 aromatic heterocycles. The first-order chi connectivity index (χ1) is 11.2. The lowest BCUT2D eigenvalue weighted by molar-refractivity contribution is -0.150. The van der Waals surface area contributed by atoms with Crippen molar-refractivity contribution in [3.63, 3.8) is 0 Å². The number of pyridine rings is 1. The second-order valence-electron chi connectivity index (χ2n) is 4.41. The molecule has 0 bridgehead atoms. The Hall–Kier alpha value is -2.60. The molecule has 0 amide bonds. The van der Waals surface area contributed by atoms with Crippen LogP contribution in [0, 0.1) is 0 Å². The van der Waals surface area contributed by atoms with E-state index in [0.29, 0.717) is 10.7 Å². The molecule has 2 rings (SSSR count). The largest absolute Gasteiger partial charge is 0.497 e. The van der Waals surface area contributed by atoms with Crippen LogP contribution in [0.2, 0.25) is 5.02 Å². The first-order valence-corrected chi connectivity index (χ1v) is 7.10. The van der Waals surface area contributed by atoms with Gasteiger partial charge in [0.25, 0.3) is 0 Å². The molecule has 0 saturated heterocycles. The van der Waals surface area contributed by atoms with E-state index in [9.17, 15) is 4.79 Å². The molecule has 23 heavy (non-hydrogen) atoms. The van der Waals surface area contributed by atoms with Crippen molar-refractivity contribution in [3.8, 4) is 5.75 Å². The van der Waals surface area contributed by atoms with Gasteiger partial charge in [0, 0.05) is 11.2 Å². The first-order valence-electron chi connectivity index (χ1n) is 6.73. The van der Waals surface area contributed by atoms with Crippen molar-refractivity contribution in [2.24, 2.45) is 5.16 Å². The summed E-state index contributed by atoms with van der Waals surface area (Å²) in [5.41, 5.74) is 1.38. The summed E-state index contributed by atoms with van der Waals surface area (Å²) in [7, 11) is 1.59. The summed E-state index contributed by atoms with van der Waals surface area (Å²) in [4.78, 5) is 20.4. The molecule has 120 valence electrons. The van der Waals surface area contributed by atoms with Gasteiger partial charge in [0.15, 0.2) is 0 Å². The Kier molecular flexibility index (Phi) is 6.38. The highest BCUT2D eigenvalue weighted by atomic mass is 35.5. The number of aromatic nitrogens is 1. The molecule has 0 aliphatic carbocycles. The predicted octanol–water partition coefficient (Wildman–Crippen LogP) is 2.84. The number of ether oxygens (including phenoxy) is 2. The Morgan fingerprint density at radius 3 is 2.78 bits per heavy atom. The van der Waals surface area contributed by atoms with Crippen LogP contribution in [0.1, 0.15) is 11.3 Å². The van der Waals surface area contributed by atoms with Gasteiger partial charge in [0.05, 0.1) is 19.0 Å². The van der Waals surface area contributed by atoms with Gasteiger partial charge < -0.3 is 14.3 Å². The van der Waals surface area contributed by atoms with Gasteiger partial charge in [-0.25, -0.2) is 4.79 Å². The number of methoxy groups -OCH3 is 1. The van der Waals surface area contributed by atoms with E-state index in [1.165, 1.54) is 6.21 Å². The molecule has 1 heterocycles. The van der Waals surface area contributed by atoms with Gasteiger partial charge in [0.1, 0.15) is 12.4 Å². The van der Waals surface area contributed by atoms with Crippen molar-refractivity contribution < 1.29 is 19.1 Å². The summed E-state index contributed by atoms with van der Waals surface area (Å²) in [5.74, 6) is 0.208. The highest BCUT2D eigenvalue weighted by molar-refractivity contribution is 6.30. The van der Waals surface area contributed by atoms with Crippen LogP contribution in [0.5, 0.6) is 5.75 Å². The molecule has 0 aliphatic heterocycles. The van der Waals surface area contributed by atoms with E-state index in [1.54, 1.807) is 37.6 Å². The molecule has 1 aromatic carbocycles. The molecular formula is C16H15ClN2O4. The molecule has 0 aliphatic rings. The molecule has 0 saturated carbocycles. The average Bonchev–Trinajstić information content (AvgIpc) is 2.57. The zero-order valence-electron chi connectivity index (χ0n) is 12.4. The lowest BCUT2D eigenvalue weighted by atomic mass is 10.2. The summed E-state index contributed by atoms with van der Waals surface area (Å²) in [5, 5.41) is 4.24. The molecule has 0 radical (unpaired) electrons. The number of esters is 1. The number of nitrogens with zero attached hydrogens (tertiary/aromatic N) is 2. The van der Waals surface area contributed by atoms with E-state index in [2.05, 4.69) is 10.1 Å². The third-order valence-electron chi connectivity index (χ3n) is 2.73. The fourth-order valence-corrected chi connectivity index (χ4v) is 1.78. The Labute approximate surface area is 138 Å². The van der Waals surface area contributed by atoms with Crippen LogP contribution in [0.15, 0.2) is 47.8 Å². The van der Waals surface area contributed by atoms with Gasteiger partial charge in [-0.3, -0.25) is 4.98 Å². The SMILES string of the molecule is COc1ccc(C=NOCC(=O)OCc2cc(Cl)ccn2)cc1. The lowest BCUT2D eigenvalue weighted by Crippen LogP contribution is -2.11. The van der Waals surface area contributed by atoms with E-state index in [1.807, 2.05) is 12.1 Å². The highest BCUT2D eigenvalue weighted by Gasteiger charge is 2.04. The number of carbonyl (C=O) groups is 1. The molecule has 0 fully saturated rings. The van der Waals surface area contributed by atoms with Gasteiger partial charge >= 0.3 is 5.97 Å². The molecule has 0 spiro atoms. The van der Waals surface area contributed by atoms with Crippen LogP contribution < -0.4 is 4.74 Å². The molecule has 6 nitrogen and oxygen atoms in total. The summed E-state index contributed by atoms with van der Waals surface area (Å²) >= 11 is 5.81. The number of carbonyl (C=O) groups excluding carboxylic acids is 1. The topological polar surface area (TPSA) is 70.0 Å². The van der Waals surface area contributed by atoms with E-state index in [-0.39, 0.29) is 13.2 Å². The number of oxime groups is 1. The van der Waals surface area contributed by atoms with E-state index >= 15 is 0 Å². The van der Waals surface area contributed by atoms with E-state index in [0.717, 1.165) is 11.3 Å². The van der Waals surface area contributed by atoms with Crippen molar-refractivity contribution in [1.82, 2.24) is 4.98 Å². The minimum atomic E-state index is -0.543. The number of hydrogen-bond donors (Lipinski definition) is 0. The number of benzene rings is 1. The maximum atomic E-state index is 11.5. The standard InChI is InChI=1S/C16H15ClN2O4/c1-21-15-4-2-12(3-5-15)9-19-23-11-16(20)22-10-14-8-13(17)6-7-18-14/h2-9H,10-11H2,1H3. The molecule has 0 N–H and O–H groups in total. The average molecular weight is 335 g/mol. The van der Waals surface area contributed by atoms with Crippen molar-refractivity contribution in [2.75, 3.05) is 13.7 Å². The van der Waals surface area contributed by atoms with Gasteiger partial charge in [-0.05, 0) is 42.0 Å². The fourth-order valence-electron chi connectivity index (χ4n) is 1.60. The normalized spacial score (nSPS) is 10.5. The van der Waals surface area contributed by atoms with Crippen LogP contribution in [0.25, 0.3) is 0 Å². The van der Waals surface area contributed by atoms with Gasteiger partial charge in [-0.1, -0.05) is 16.8 Å². The molecule has 0 atom stereocenters. The minimum absolute atomic E-state index is 0.0327. The minimum Gasteiger partial charge on any atom is -0.497 e. The Morgan fingerprint density at radius 2 is 2.09 bits per heavy atom. The van der Waals surface area contributed by atoms with Crippen LogP contribution in [-0.4, -0.2) is 30.9 Å². The molecule has 2 aromatic rings. The quantitative estimate of drug-likeness (QED) is 0.442. The Bertz CT molecular complexity index is 674. The van der Waals surface area contributed by atoms with E-state index in [4.69, 9.17) is 25.9 Å². The lowest BCUT2D eigenvalue weighted by Gasteiger charge is -2.03. The highest BCUT2D eigenvalue weighted by Crippen LogP contribution is 2.10. The third kappa shape index (κ3) is 5.96. The van der Waals surface area contributed by atoms with Crippen LogP contribution in [-0.2, 0) is 21.0 Å². The summed E-state index contributed by atoms with van der Waals surface area (Å²) < 4.78 is 10.0.